The molecule has 2 fully saturated rings. The van der Waals surface area contributed by atoms with Crippen LogP contribution in [0.2, 0.25) is 0 Å². The van der Waals surface area contributed by atoms with Crippen LogP contribution < -0.4 is 10.6 Å². The molecule has 1 aliphatic carbocycles. The molecule has 0 spiro atoms. The van der Waals surface area contributed by atoms with Gasteiger partial charge in [-0.2, -0.15) is 0 Å². The average Bonchev–Trinajstić information content (AvgIpc) is 3.15. The first-order valence-corrected chi connectivity index (χ1v) is 11.1. The maximum atomic E-state index is 13.0. The lowest BCUT2D eigenvalue weighted by atomic mass is 9.91. The molecule has 3 heterocycles. The molecule has 0 unspecified atom stereocenters. The van der Waals surface area contributed by atoms with Crippen molar-refractivity contribution in [2.45, 2.75) is 51.0 Å². The average molecular weight is 408 g/mol. The van der Waals surface area contributed by atoms with Crippen LogP contribution in [-0.2, 0) is 4.79 Å². The molecule has 1 saturated carbocycles. The molecule has 1 aliphatic heterocycles. The Labute approximate surface area is 175 Å². The second-order valence-corrected chi connectivity index (χ2v) is 8.84. The molecule has 1 aromatic carbocycles. The number of imidazole rings is 1. The zero-order chi connectivity index (χ0) is 20.7. The maximum Gasteiger partial charge on any atom is 0.325 e. The van der Waals surface area contributed by atoms with E-state index >= 15 is 0 Å². The van der Waals surface area contributed by atoms with Crippen molar-refractivity contribution in [1.82, 2.24) is 19.9 Å². The number of aromatic nitrogens is 3. The van der Waals surface area contributed by atoms with Gasteiger partial charge in [0, 0.05) is 43.2 Å². The third-order valence-electron chi connectivity index (χ3n) is 6.96. The molecule has 2 aromatic heterocycles. The van der Waals surface area contributed by atoms with Crippen molar-refractivity contribution >= 4 is 33.7 Å². The maximum absolute atomic E-state index is 13.0. The summed E-state index contributed by atoms with van der Waals surface area (Å²) < 4.78 is 0. The highest BCUT2D eigenvalue weighted by atomic mass is 16.2. The predicted octanol–water partition coefficient (Wildman–Crippen LogP) is 3.41. The van der Waals surface area contributed by atoms with Crippen molar-refractivity contribution in [2.75, 3.05) is 25.0 Å². The lowest BCUT2D eigenvalue weighted by molar-refractivity contribution is -0.137. The smallest absolute Gasteiger partial charge is 0.325 e. The first kappa shape index (κ1) is 19.2. The Balaban J connectivity index is 1.27. The molecule has 158 valence electrons. The number of amides is 1. The van der Waals surface area contributed by atoms with Crippen LogP contribution in [0.15, 0.2) is 29.1 Å². The lowest BCUT2D eigenvalue weighted by Crippen LogP contribution is -2.45. The Kier molecular flexibility index (Phi) is 4.97. The van der Waals surface area contributed by atoms with Gasteiger partial charge in [-0.1, -0.05) is 19.3 Å². The minimum Gasteiger partial charge on any atom is -0.371 e. The van der Waals surface area contributed by atoms with Crippen LogP contribution in [0.3, 0.4) is 0 Å². The quantitative estimate of drug-likeness (QED) is 0.697. The number of aromatic amines is 2. The number of carbonyl (C=O) groups excluding carboxylic acids is 1. The van der Waals surface area contributed by atoms with E-state index in [9.17, 15) is 9.59 Å². The lowest BCUT2D eigenvalue weighted by Gasteiger charge is -2.37. The number of rotatable bonds is 3. The highest BCUT2D eigenvalue weighted by Crippen LogP contribution is 2.29. The third-order valence-corrected chi connectivity index (χ3v) is 6.96. The topological polar surface area (TPSA) is 85.1 Å². The van der Waals surface area contributed by atoms with E-state index in [-0.39, 0.29) is 11.6 Å². The summed E-state index contributed by atoms with van der Waals surface area (Å²) in [7, 11) is 2.01. The summed E-state index contributed by atoms with van der Waals surface area (Å²) in [5.41, 5.74) is 3.08. The van der Waals surface area contributed by atoms with Crippen LogP contribution in [0.25, 0.3) is 22.1 Å². The van der Waals surface area contributed by atoms with Gasteiger partial charge in [0.2, 0.25) is 5.91 Å². The highest BCUT2D eigenvalue weighted by Gasteiger charge is 2.30. The number of nitrogens with one attached hydrogen (secondary N) is 2. The van der Waals surface area contributed by atoms with Crippen molar-refractivity contribution in [3.63, 3.8) is 0 Å². The van der Waals surface area contributed by atoms with E-state index in [1.807, 2.05) is 24.1 Å². The molecule has 0 radical (unpaired) electrons. The van der Waals surface area contributed by atoms with Crippen LogP contribution in [-0.4, -0.2) is 51.9 Å². The molecular weight excluding hydrogens is 378 g/mol. The molecule has 5 rings (SSSR count). The largest absolute Gasteiger partial charge is 0.371 e. The summed E-state index contributed by atoms with van der Waals surface area (Å²) in [4.78, 5) is 38.9. The second kappa shape index (κ2) is 7.78. The van der Waals surface area contributed by atoms with E-state index in [4.69, 9.17) is 0 Å². The van der Waals surface area contributed by atoms with Gasteiger partial charge in [-0.25, -0.2) is 9.78 Å². The number of fused-ring (bicyclic) bond motifs is 2. The zero-order valence-corrected chi connectivity index (χ0v) is 17.5. The molecule has 1 saturated heterocycles. The first-order valence-electron chi connectivity index (χ1n) is 11.1. The number of pyridine rings is 1. The monoisotopic (exact) mass is 407 g/mol. The van der Waals surface area contributed by atoms with Gasteiger partial charge in [0.1, 0.15) is 0 Å². The van der Waals surface area contributed by atoms with E-state index in [2.05, 4.69) is 32.0 Å². The minimum absolute atomic E-state index is 0.139. The van der Waals surface area contributed by atoms with Gasteiger partial charge in [0.05, 0.1) is 11.0 Å². The number of anilines is 1. The van der Waals surface area contributed by atoms with Gasteiger partial charge in [-0.05, 0) is 49.9 Å². The Morgan fingerprint density at radius 1 is 1.07 bits per heavy atom. The third kappa shape index (κ3) is 3.57. The molecule has 3 aromatic rings. The van der Waals surface area contributed by atoms with Crippen molar-refractivity contribution in [1.29, 1.82) is 0 Å². The van der Waals surface area contributed by atoms with E-state index in [1.54, 1.807) is 0 Å². The standard InChI is InChI=1S/C23H29N5O2/c1-27(17-5-3-2-4-6-17)22(29)15-9-11-28(12-10-15)18-7-8-19-16(13-18)14-20-21(24-19)26-23(30)25-20/h7-8,13-15,17H,2-6,9-12H2,1H3,(H2,24,25,26,30). The summed E-state index contributed by atoms with van der Waals surface area (Å²) >= 11 is 0. The molecule has 7 nitrogen and oxygen atoms in total. The van der Waals surface area contributed by atoms with E-state index in [0.717, 1.165) is 60.9 Å². The molecule has 2 aliphatic rings. The molecule has 0 atom stereocenters. The number of hydrogen-bond acceptors (Lipinski definition) is 4. The molecule has 30 heavy (non-hydrogen) atoms. The molecule has 2 N–H and O–H groups in total. The fourth-order valence-electron chi connectivity index (χ4n) is 5.13. The predicted molar refractivity (Wildman–Crippen MR) is 119 cm³/mol. The van der Waals surface area contributed by atoms with Crippen molar-refractivity contribution in [3.8, 4) is 0 Å². The van der Waals surface area contributed by atoms with Crippen LogP contribution in [0, 0.1) is 5.92 Å². The van der Waals surface area contributed by atoms with Crippen molar-refractivity contribution < 1.29 is 4.79 Å². The summed E-state index contributed by atoms with van der Waals surface area (Å²) in [6, 6.07) is 8.62. The van der Waals surface area contributed by atoms with Crippen LogP contribution in [0.1, 0.15) is 44.9 Å². The van der Waals surface area contributed by atoms with Gasteiger partial charge in [0.15, 0.2) is 5.65 Å². The van der Waals surface area contributed by atoms with Gasteiger partial charge < -0.3 is 14.8 Å². The zero-order valence-electron chi connectivity index (χ0n) is 17.5. The summed E-state index contributed by atoms with van der Waals surface area (Å²) in [6.45, 7) is 1.77. The Morgan fingerprint density at radius 2 is 1.83 bits per heavy atom. The van der Waals surface area contributed by atoms with Gasteiger partial charge in [-0.3, -0.25) is 9.78 Å². The fraction of sp³-hybridized carbons (Fsp3) is 0.522. The van der Waals surface area contributed by atoms with E-state index < -0.39 is 0 Å². The number of piperidine rings is 1. The Hall–Kier alpha value is -2.83. The van der Waals surface area contributed by atoms with Crippen molar-refractivity contribution in [2.24, 2.45) is 5.92 Å². The van der Waals surface area contributed by atoms with Crippen LogP contribution in [0.4, 0.5) is 5.69 Å². The van der Waals surface area contributed by atoms with Gasteiger partial charge >= 0.3 is 5.69 Å². The highest BCUT2D eigenvalue weighted by molar-refractivity contribution is 5.91. The van der Waals surface area contributed by atoms with Crippen LogP contribution in [0.5, 0.6) is 0 Å². The Morgan fingerprint density at radius 3 is 2.60 bits per heavy atom. The summed E-state index contributed by atoms with van der Waals surface area (Å²) in [5.74, 6) is 0.475. The first-order chi connectivity index (χ1) is 14.6. The fourth-order valence-corrected chi connectivity index (χ4v) is 5.13. The van der Waals surface area contributed by atoms with Crippen LogP contribution >= 0.6 is 0 Å². The van der Waals surface area contributed by atoms with Gasteiger partial charge in [0.25, 0.3) is 0 Å². The summed E-state index contributed by atoms with van der Waals surface area (Å²) in [5, 5.41) is 1.01. The summed E-state index contributed by atoms with van der Waals surface area (Å²) in [6.07, 6.45) is 7.93. The molecular formula is C23H29N5O2. The normalized spacial score (nSPS) is 18.9. The van der Waals surface area contributed by atoms with E-state index in [0.29, 0.717) is 17.6 Å². The number of benzene rings is 1. The van der Waals surface area contributed by atoms with E-state index in [1.165, 1.54) is 19.3 Å². The molecule has 1 amide bonds. The van der Waals surface area contributed by atoms with Gasteiger partial charge in [-0.15, -0.1) is 0 Å². The molecule has 0 bridgehead atoms. The molecule has 7 heteroatoms. The second-order valence-electron chi connectivity index (χ2n) is 8.84. The van der Waals surface area contributed by atoms with Crippen molar-refractivity contribution in [3.05, 3.63) is 34.7 Å². The number of H-pyrrole nitrogens is 2. The number of carbonyl (C=O) groups is 1. The number of nitrogens with zero attached hydrogens (tertiary/aromatic N) is 3. The number of hydrogen-bond donors (Lipinski definition) is 2. The SMILES string of the molecule is CN(C(=O)C1CCN(c2ccc3nc4[nH]c(=O)[nH]c4cc3c2)CC1)C1CCCCC1. The minimum atomic E-state index is -0.238. The Bertz CT molecular complexity index is 1120.